The van der Waals surface area contributed by atoms with E-state index in [0.717, 1.165) is 18.4 Å². The fourth-order valence-corrected chi connectivity index (χ4v) is 3.51. The van der Waals surface area contributed by atoms with E-state index in [1.807, 2.05) is 12.1 Å². The van der Waals surface area contributed by atoms with Gasteiger partial charge in [-0.15, -0.1) is 0 Å². The normalized spacial score (nSPS) is 18.9. The van der Waals surface area contributed by atoms with Gasteiger partial charge in [-0.1, -0.05) is 40.2 Å². The van der Waals surface area contributed by atoms with E-state index in [2.05, 4.69) is 46.4 Å². The Labute approximate surface area is 127 Å². The molecule has 1 nitrogen and oxygen atoms in total. The minimum absolute atomic E-state index is 0.184. The summed E-state index contributed by atoms with van der Waals surface area (Å²) in [7, 11) is 0. The third-order valence-corrected chi connectivity index (χ3v) is 4.78. The van der Waals surface area contributed by atoms with Crippen LogP contribution in [-0.4, -0.2) is 0 Å². The first-order valence-corrected chi connectivity index (χ1v) is 7.73. The molecule has 0 fully saturated rings. The smallest absolute Gasteiger partial charge is 0.123 e. The highest BCUT2D eigenvalue weighted by Gasteiger charge is 2.25. The van der Waals surface area contributed by atoms with Gasteiger partial charge in [-0.2, -0.15) is 0 Å². The molecule has 0 saturated carbocycles. The Morgan fingerprint density at radius 2 is 1.95 bits per heavy atom. The first-order chi connectivity index (χ1) is 9.65. The molecule has 1 aliphatic carbocycles. The predicted molar refractivity (Wildman–Crippen MR) is 83.2 cm³/mol. The first kappa shape index (κ1) is 13.8. The second kappa shape index (κ2) is 5.66. The zero-order chi connectivity index (χ0) is 14.1. The van der Waals surface area contributed by atoms with Gasteiger partial charge in [-0.3, -0.25) is 0 Å². The summed E-state index contributed by atoms with van der Waals surface area (Å²) in [5, 5.41) is 3.65. The van der Waals surface area contributed by atoms with Crippen LogP contribution >= 0.6 is 15.9 Å². The van der Waals surface area contributed by atoms with Gasteiger partial charge >= 0.3 is 0 Å². The van der Waals surface area contributed by atoms with Crippen LogP contribution in [0.4, 0.5) is 4.39 Å². The molecule has 2 aromatic carbocycles. The maximum atomic E-state index is 13.0. The van der Waals surface area contributed by atoms with Crippen molar-refractivity contribution < 1.29 is 4.39 Å². The number of rotatable bonds is 3. The summed E-state index contributed by atoms with van der Waals surface area (Å²) in [5.41, 5.74) is 3.92. The average molecular weight is 334 g/mol. The standard InChI is InChI=1S/C17H17BrFN/c1-11(12-5-7-13(19)8-6-12)20-17-10-9-14-15(17)3-2-4-16(14)18/h2-8,11,17,20H,9-10H2,1H3/t11-,17?/m1/s1. The molecular formula is C17H17BrFN. The molecule has 0 heterocycles. The number of fused-ring (bicyclic) bond motifs is 1. The van der Waals surface area contributed by atoms with Gasteiger partial charge in [0.15, 0.2) is 0 Å². The Morgan fingerprint density at radius 1 is 1.20 bits per heavy atom. The van der Waals surface area contributed by atoms with Gasteiger partial charge < -0.3 is 5.32 Å². The highest BCUT2D eigenvalue weighted by molar-refractivity contribution is 9.10. The van der Waals surface area contributed by atoms with Crippen LogP contribution in [0.1, 0.15) is 42.1 Å². The van der Waals surface area contributed by atoms with E-state index in [9.17, 15) is 4.39 Å². The molecule has 20 heavy (non-hydrogen) atoms. The monoisotopic (exact) mass is 333 g/mol. The topological polar surface area (TPSA) is 12.0 Å². The molecule has 0 saturated heterocycles. The van der Waals surface area contributed by atoms with Gasteiger partial charge in [-0.05, 0) is 54.7 Å². The molecule has 1 N–H and O–H groups in total. The van der Waals surface area contributed by atoms with Crippen molar-refractivity contribution in [1.82, 2.24) is 5.32 Å². The third kappa shape index (κ3) is 2.65. The van der Waals surface area contributed by atoms with Crippen molar-refractivity contribution in [1.29, 1.82) is 0 Å². The second-order valence-electron chi connectivity index (χ2n) is 5.34. The molecule has 0 radical (unpaired) electrons. The van der Waals surface area contributed by atoms with Gasteiger partial charge in [0, 0.05) is 16.6 Å². The molecule has 3 rings (SSSR count). The molecule has 0 aromatic heterocycles. The first-order valence-electron chi connectivity index (χ1n) is 6.94. The lowest BCUT2D eigenvalue weighted by Gasteiger charge is -2.21. The summed E-state index contributed by atoms with van der Waals surface area (Å²) < 4.78 is 14.2. The van der Waals surface area contributed by atoms with Crippen LogP contribution in [0.15, 0.2) is 46.9 Å². The van der Waals surface area contributed by atoms with E-state index in [-0.39, 0.29) is 11.9 Å². The van der Waals surface area contributed by atoms with Crippen molar-refractivity contribution in [3.05, 3.63) is 69.4 Å². The predicted octanol–water partition coefficient (Wildman–Crippen LogP) is 4.93. The van der Waals surface area contributed by atoms with Crippen LogP contribution in [0.5, 0.6) is 0 Å². The van der Waals surface area contributed by atoms with E-state index in [4.69, 9.17) is 0 Å². The Balaban J connectivity index is 1.77. The van der Waals surface area contributed by atoms with Gasteiger partial charge in [0.05, 0.1) is 0 Å². The van der Waals surface area contributed by atoms with E-state index in [1.54, 1.807) is 0 Å². The molecule has 2 atom stereocenters. The van der Waals surface area contributed by atoms with Crippen LogP contribution in [0.3, 0.4) is 0 Å². The molecule has 1 unspecified atom stereocenters. The van der Waals surface area contributed by atoms with Crippen LogP contribution < -0.4 is 5.32 Å². The van der Waals surface area contributed by atoms with E-state index < -0.39 is 0 Å². The molecule has 0 bridgehead atoms. The molecule has 0 aliphatic heterocycles. The molecule has 0 spiro atoms. The Kier molecular flexibility index (Phi) is 3.90. The lowest BCUT2D eigenvalue weighted by atomic mass is 10.0. The molecule has 1 aliphatic rings. The summed E-state index contributed by atoms with van der Waals surface area (Å²) >= 11 is 3.62. The number of hydrogen-bond acceptors (Lipinski definition) is 1. The number of halogens is 2. The second-order valence-corrected chi connectivity index (χ2v) is 6.19. The zero-order valence-electron chi connectivity index (χ0n) is 11.4. The van der Waals surface area contributed by atoms with Gasteiger partial charge in [-0.25, -0.2) is 4.39 Å². The van der Waals surface area contributed by atoms with Crippen molar-refractivity contribution >= 4 is 15.9 Å². The summed E-state index contributed by atoms with van der Waals surface area (Å²) in [6.45, 7) is 2.13. The SMILES string of the molecule is C[C@@H](NC1CCc2c(Br)cccc21)c1ccc(F)cc1. The largest absolute Gasteiger partial charge is 0.303 e. The highest BCUT2D eigenvalue weighted by atomic mass is 79.9. The highest BCUT2D eigenvalue weighted by Crippen LogP contribution is 2.36. The third-order valence-electron chi connectivity index (χ3n) is 4.03. The molecule has 2 aromatic rings. The van der Waals surface area contributed by atoms with Crippen molar-refractivity contribution in [3.63, 3.8) is 0 Å². The van der Waals surface area contributed by atoms with E-state index >= 15 is 0 Å². The number of benzene rings is 2. The Bertz CT molecular complexity index is 609. The number of nitrogens with one attached hydrogen (secondary N) is 1. The fraction of sp³-hybridized carbons (Fsp3) is 0.294. The van der Waals surface area contributed by atoms with Crippen molar-refractivity contribution in [2.75, 3.05) is 0 Å². The maximum absolute atomic E-state index is 13.0. The lowest BCUT2D eigenvalue weighted by molar-refractivity contribution is 0.464. The van der Waals surface area contributed by atoms with Crippen LogP contribution in [0, 0.1) is 5.82 Å². The van der Waals surface area contributed by atoms with Gasteiger partial charge in [0.1, 0.15) is 5.82 Å². The summed E-state index contributed by atoms with van der Waals surface area (Å²) in [6, 6.07) is 13.7. The van der Waals surface area contributed by atoms with Crippen LogP contribution in [-0.2, 0) is 6.42 Å². The Hall–Kier alpha value is -1.19. The van der Waals surface area contributed by atoms with Gasteiger partial charge in [0.25, 0.3) is 0 Å². The quantitative estimate of drug-likeness (QED) is 0.839. The fourth-order valence-electron chi connectivity index (χ4n) is 2.93. The van der Waals surface area contributed by atoms with Crippen LogP contribution in [0.25, 0.3) is 0 Å². The maximum Gasteiger partial charge on any atom is 0.123 e. The van der Waals surface area contributed by atoms with E-state index in [0.29, 0.717) is 6.04 Å². The number of hydrogen-bond donors (Lipinski definition) is 1. The van der Waals surface area contributed by atoms with Crippen molar-refractivity contribution in [2.45, 2.75) is 31.8 Å². The van der Waals surface area contributed by atoms with Gasteiger partial charge in [0.2, 0.25) is 0 Å². The summed E-state index contributed by atoms with van der Waals surface area (Å²) in [6.07, 6.45) is 2.22. The lowest BCUT2D eigenvalue weighted by Crippen LogP contribution is -2.23. The minimum atomic E-state index is -0.184. The van der Waals surface area contributed by atoms with Crippen molar-refractivity contribution in [2.24, 2.45) is 0 Å². The summed E-state index contributed by atoms with van der Waals surface area (Å²) in [5.74, 6) is -0.184. The Morgan fingerprint density at radius 3 is 2.70 bits per heavy atom. The molecule has 3 heteroatoms. The summed E-state index contributed by atoms with van der Waals surface area (Å²) in [4.78, 5) is 0. The molecular weight excluding hydrogens is 317 g/mol. The van der Waals surface area contributed by atoms with Crippen LogP contribution in [0.2, 0.25) is 0 Å². The molecule has 104 valence electrons. The zero-order valence-corrected chi connectivity index (χ0v) is 13.0. The van der Waals surface area contributed by atoms with Crippen molar-refractivity contribution in [3.8, 4) is 0 Å². The molecule has 0 amide bonds. The van der Waals surface area contributed by atoms with E-state index in [1.165, 1.54) is 27.7 Å². The average Bonchev–Trinajstić information content (AvgIpc) is 2.84. The minimum Gasteiger partial charge on any atom is -0.303 e.